The van der Waals surface area contributed by atoms with Gasteiger partial charge in [-0.3, -0.25) is 0 Å². The lowest BCUT2D eigenvalue weighted by Gasteiger charge is -2.30. The number of hydrogen-bond donors (Lipinski definition) is 0. The van der Waals surface area contributed by atoms with Crippen molar-refractivity contribution in [3.63, 3.8) is 0 Å². The van der Waals surface area contributed by atoms with E-state index in [0.717, 1.165) is 32.3 Å². The van der Waals surface area contributed by atoms with Crippen LogP contribution in [0.5, 0.6) is 0 Å². The molecule has 0 bridgehead atoms. The number of aryl methyl sites for hydroxylation is 1. The van der Waals surface area contributed by atoms with Gasteiger partial charge in [-0.25, -0.2) is 9.78 Å². The lowest BCUT2D eigenvalue weighted by molar-refractivity contribution is -0.346. The normalized spacial score (nSPS) is 26.9. The molecular formula is C21H36O3Si. The smallest absolute Gasteiger partial charge is 0.191 e. The van der Waals surface area contributed by atoms with E-state index < -0.39 is 8.32 Å². The topological polar surface area (TPSA) is 27.7 Å². The first-order chi connectivity index (χ1) is 11.9. The van der Waals surface area contributed by atoms with Crippen molar-refractivity contribution >= 4 is 8.32 Å². The van der Waals surface area contributed by atoms with Crippen molar-refractivity contribution < 1.29 is 14.2 Å². The Morgan fingerprint density at radius 2 is 1.48 bits per heavy atom. The Kier molecular flexibility index (Phi) is 7.26. The molecular weight excluding hydrogens is 328 g/mol. The van der Waals surface area contributed by atoms with Crippen molar-refractivity contribution in [2.45, 2.75) is 89.6 Å². The predicted molar refractivity (Wildman–Crippen MR) is 106 cm³/mol. The van der Waals surface area contributed by atoms with Crippen LogP contribution < -0.4 is 0 Å². The molecule has 142 valence electrons. The molecule has 0 radical (unpaired) electrons. The van der Waals surface area contributed by atoms with Crippen molar-refractivity contribution in [2.75, 3.05) is 6.61 Å². The van der Waals surface area contributed by atoms with Crippen molar-refractivity contribution in [1.29, 1.82) is 0 Å². The highest BCUT2D eigenvalue weighted by molar-refractivity contribution is 6.73. The van der Waals surface area contributed by atoms with Gasteiger partial charge in [0.2, 0.25) is 0 Å². The van der Waals surface area contributed by atoms with Gasteiger partial charge in [-0.15, -0.1) is 0 Å². The Balaban J connectivity index is 1.83. The van der Waals surface area contributed by atoms with Crippen LogP contribution >= 0.6 is 0 Å². The van der Waals surface area contributed by atoms with Gasteiger partial charge in [0.25, 0.3) is 0 Å². The highest BCUT2D eigenvalue weighted by atomic mass is 28.4. The summed E-state index contributed by atoms with van der Waals surface area (Å²) in [6.07, 6.45) is 3.83. The summed E-state index contributed by atoms with van der Waals surface area (Å²) in [5.74, 6) is 0. The van der Waals surface area contributed by atoms with E-state index in [-0.39, 0.29) is 11.2 Å². The molecule has 0 aliphatic carbocycles. The second kappa shape index (κ2) is 8.80. The zero-order chi connectivity index (χ0) is 18.4. The standard InChI is InChI=1S/C21H36O3Si/c1-6-25(7-2,8-3)22-17-16-21(5)18-20(4,23-24-21)15-14-19-12-10-9-11-13-19/h9-13H,6-8,14-18H2,1-5H3. The summed E-state index contributed by atoms with van der Waals surface area (Å²) in [4.78, 5) is 11.6. The molecule has 1 aromatic carbocycles. The van der Waals surface area contributed by atoms with Crippen LogP contribution in [0, 0.1) is 0 Å². The molecule has 0 saturated carbocycles. The number of hydrogen-bond acceptors (Lipinski definition) is 3. The third-order valence-corrected chi connectivity index (χ3v) is 10.6. The molecule has 2 atom stereocenters. The second-order valence-corrected chi connectivity index (χ2v) is 12.8. The Hall–Kier alpha value is -0.683. The quantitative estimate of drug-likeness (QED) is 0.382. The first kappa shape index (κ1) is 20.6. The fraction of sp³-hybridized carbons (Fsp3) is 0.714. The molecule has 0 amide bonds. The van der Waals surface area contributed by atoms with E-state index in [1.807, 2.05) is 0 Å². The third-order valence-electron chi connectivity index (χ3n) is 5.95. The van der Waals surface area contributed by atoms with Crippen LogP contribution in [0.3, 0.4) is 0 Å². The van der Waals surface area contributed by atoms with Crippen LogP contribution in [-0.2, 0) is 20.6 Å². The fourth-order valence-corrected chi connectivity index (χ4v) is 6.55. The van der Waals surface area contributed by atoms with Gasteiger partial charge < -0.3 is 4.43 Å². The minimum absolute atomic E-state index is 0.209. The van der Waals surface area contributed by atoms with E-state index >= 15 is 0 Å². The fourth-order valence-electron chi connectivity index (χ4n) is 3.90. The van der Waals surface area contributed by atoms with Crippen LogP contribution in [0.15, 0.2) is 30.3 Å². The molecule has 1 heterocycles. The van der Waals surface area contributed by atoms with Gasteiger partial charge in [-0.1, -0.05) is 51.1 Å². The lowest BCUT2D eigenvalue weighted by atomic mass is 9.85. The van der Waals surface area contributed by atoms with Gasteiger partial charge in [0.15, 0.2) is 8.32 Å². The van der Waals surface area contributed by atoms with Crippen LogP contribution in [0.1, 0.15) is 59.4 Å². The summed E-state index contributed by atoms with van der Waals surface area (Å²) in [6.45, 7) is 11.9. The Morgan fingerprint density at radius 3 is 2.04 bits per heavy atom. The zero-order valence-electron chi connectivity index (χ0n) is 16.8. The molecule has 4 heteroatoms. The van der Waals surface area contributed by atoms with E-state index in [2.05, 4.69) is 65.0 Å². The second-order valence-electron chi connectivity index (χ2n) is 8.07. The largest absolute Gasteiger partial charge is 0.417 e. The predicted octanol–water partition coefficient (Wildman–Crippen LogP) is 5.90. The molecule has 1 saturated heterocycles. The number of rotatable bonds is 10. The van der Waals surface area contributed by atoms with Gasteiger partial charge in [-0.05, 0) is 50.4 Å². The maximum atomic E-state index is 6.41. The molecule has 2 unspecified atom stereocenters. The molecule has 1 aliphatic rings. The van der Waals surface area contributed by atoms with Crippen LogP contribution in [0.2, 0.25) is 18.1 Å². The minimum Gasteiger partial charge on any atom is -0.417 e. The molecule has 2 rings (SSSR count). The van der Waals surface area contributed by atoms with Crippen LogP contribution in [0.25, 0.3) is 0 Å². The van der Waals surface area contributed by atoms with Crippen molar-refractivity contribution in [3.8, 4) is 0 Å². The average molecular weight is 365 g/mol. The molecule has 0 spiro atoms. The maximum Gasteiger partial charge on any atom is 0.191 e. The zero-order valence-corrected chi connectivity index (χ0v) is 17.8. The molecule has 1 aromatic rings. The van der Waals surface area contributed by atoms with Gasteiger partial charge in [0, 0.05) is 19.4 Å². The van der Waals surface area contributed by atoms with Gasteiger partial charge in [0.1, 0.15) is 11.2 Å². The van der Waals surface area contributed by atoms with Gasteiger partial charge in [0.05, 0.1) is 0 Å². The first-order valence-electron chi connectivity index (χ1n) is 9.93. The Labute approximate surface area is 155 Å². The minimum atomic E-state index is -1.51. The molecule has 1 fully saturated rings. The Bertz CT molecular complexity index is 509. The molecule has 25 heavy (non-hydrogen) atoms. The molecule has 3 nitrogen and oxygen atoms in total. The lowest BCUT2D eigenvalue weighted by Crippen LogP contribution is -2.38. The molecule has 1 aliphatic heterocycles. The van der Waals surface area contributed by atoms with Gasteiger partial charge in [-0.2, -0.15) is 0 Å². The monoisotopic (exact) mass is 364 g/mol. The molecule has 0 aromatic heterocycles. The highest BCUT2D eigenvalue weighted by Gasteiger charge is 2.46. The highest BCUT2D eigenvalue weighted by Crippen LogP contribution is 2.41. The van der Waals surface area contributed by atoms with E-state index in [9.17, 15) is 0 Å². The van der Waals surface area contributed by atoms with E-state index in [4.69, 9.17) is 14.2 Å². The third kappa shape index (κ3) is 5.65. The summed E-state index contributed by atoms with van der Waals surface area (Å²) in [6, 6.07) is 14.2. The number of benzene rings is 1. The first-order valence-corrected chi connectivity index (χ1v) is 12.5. The van der Waals surface area contributed by atoms with E-state index in [1.165, 1.54) is 23.7 Å². The summed E-state index contributed by atoms with van der Waals surface area (Å²) in [5.41, 5.74) is 0.911. The van der Waals surface area contributed by atoms with Crippen LogP contribution in [-0.4, -0.2) is 26.1 Å². The maximum absolute atomic E-state index is 6.41. The summed E-state index contributed by atoms with van der Waals surface area (Å²) in [5, 5.41) is 0. The van der Waals surface area contributed by atoms with Gasteiger partial charge >= 0.3 is 0 Å². The molecule has 0 N–H and O–H groups in total. The van der Waals surface area contributed by atoms with Crippen LogP contribution in [0.4, 0.5) is 0 Å². The van der Waals surface area contributed by atoms with E-state index in [0.29, 0.717) is 0 Å². The summed E-state index contributed by atoms with van der Waals surface area (Å²) >= 11 is 0. The SMILES string of the molecule is CC[Si](CC)(CC)OCCC1(C)CC(C)(CCc2ccccc2)OO1. The van der Waals surface area contributed by atoms with E-state index in [1.54, 1.807) is 0 Å². The summed E-state index contributed by atoms with van der Waals surface area (Å²) in [7, 11) is -1.51. The van der Waals surface area contributed by atoms with Crippen molar-refractivity contribution in [1.82, 2.24) is 0 Å². The Morgan fingerprint density at radius 1 is 0.920 bits per heavy atom. The summed E-state index contributed by atoms with van der Waals surface area (Å²) < 4.78 is 6.41. The average Bonchev–Trinajstić information content (AvgIpc) is 2.94. The van der Waals surface area contributed by atoms with Crippen molar-refractivity contribution in [2.24, 2.45) is 0 Å². The van der Waals surface area contributed by atoms with Crippen molar-refractivity contribution in [3.05, 3.63) is 35.9 Å².